The molecule has 0 amide bonds. The van der Waals surface area contributed by atoms with E-state index in [9.17, 15) is 13.6 Å². The quantitative estimate of drug-likeness (QED) is 0.675. The number of hydrogen-bond donors (Lipinski definition) is 1. The van der Waals surface area contributed by atoms with Gasteiger partial charge in [0.15, 0.2) is 0 Å². The lowest BCUT2D eigenvalue weighted by molar-refractivity contribution is 0.0729. The largest absolute Gasteiger partial charge is 0.508 e. The molecule has 4 nitrogen and oxygen atoms in total. The summed E-state index contributed by atoms with van der Waals surface area (Å²) in [5.41, 5.74) is -0.590. The van der Waals surface area contributed by atoms with Crippen molar-refractivity contribution in [3.8, 4) is 17.6 Å². The van der Waals surface area contributed by atoms with Crippen LogP contribution in [-0.4, -0.2) is 11.1 Å². The summed E-state index contributed by atoms with van der Waals surface area (Å²) in [7, 11) is 0. The van der Waals surface area contributed by atoms with Gasteiger partial charge in [0.05, 0.1) is 11.1 Å². The average molecular weight is 275 g/mol. The Morgan fingerprint density at radius 3 is 2.50 bits per heavy atom. The van der Waals surface area contributed by atoms with Gasteiger partial charge in [-0.3, -0.25) is 0 Å². The van der Waals surface area contributed by atoms with E-state index in [2.05, 4.69) is 0 Å². The van der Waals surface area contributed by atoms with Gasteiger partial charge in [0.25, 0.3) is 0 Å². The van der Waals surface area contributed by atoms with Crippen molar-refractivity contribution >= 4 is 5.97 Å². The van der Waals surface area contributed by atoms with Gasteiger partial charge in [-0.1, -0.05) is 0 Å². The van der Waals surface area contributed by atoms with Crippen LogP contribution < -0.4 is 4.74 Å². The Morgan fingerprint density at radius 1 is 1.15 bits per heavy atom. The fraction of sp³-hybridized carbons (Fsp3) is 0. The molecular weight excluding hydrogens is 268 g/mol. The molecule has 0 spiro atoms. The number of phenolic OH excluding ortho intramolecular Hbond substituents is 1. The van der Waals surface area contributed by atoms with E-state index in [-0.39, 0.29) is 17.1 Å². The van der Waals surface area contributed by atoms with Crippen LogP contribution in [0.1, 0.15) is 15.9 Å². The minimum Gasteiger partial charge on any atom is -0.508 e. The molecule has 0 aliphatic heterocycles. The maximum Gasteiger partial charge on any atom is 0.346 e. The number of nitrogens with zero attached hydrogens (tertiary/aromatic N) is 1. The molecule has 0 unspecified atom stereocenters. The first-order valence-corrected chi connectivity index (χ1v) is 5.41. The molecular formula is C14H7F2NO3. The normalized spacial score (nSPS) is 9.85. The molecule has 100 valence electrons. The fourth-order valence-electron chi connectivity index (χ4n) is 1.48. The number of carbonyl (C=O) groups is 1. The first-order chi connectivity index (χ1) is 9.51. The smallest absolute Gasteiger partial charge is 0.346 e. The van der Waals surface area contributed by atoms with Crippen LogP contribution in [0.3, 0.4) is 0 Å². The SMILES string of the molecule is N#Cc1ccc(OC(=O)c2ccc(O)cc2F)cc1F. The first-order valence-electron chi connectivity index (χ1n) is 5.41. The highest BCUT2D eigenvalue weighted by molar-refractivity contribution is 5.91. The molecule has 1 N–H and O–H groups in total. The Morgan fingerprint density at radius 2 is 1.90 bits per heavy atom. The molecule has 6 heteroatoms. The van der Waals surface area contributed by atoms with E-state index in [0.29, 0.717) is 0 Å². The van der Waals surface area contributed by atoms with E-state index in [4.69, 9.17) is 15.1 Å². The lowest BCUT2D eigenvalue weighted by atomic mass is 10.2. The van der Waals surface area contributed by atoms with Crippen molar-refractivity contribution in [2.75, 3.05) is 0 Å². The van der Waals surface area contributed by atoms with Gasteiger partial charge in [0.1, 0.15) is 29.2 Å². The number of carbonyl (C=O) groups excluding carboxylic acids is 1. The molecule has 0 heterocycles. The van der Waals surface area contributed by atoms with Gasteiger partial charge < -0.3 is 9.84 Å². The van der Waals surface area contributed by atoms with Gasteiger partial charge in [-0.2, -0.15) is 5.26 Å². The maximum absolute atomic E-state index is 13.4. The van der Waals surface area contributed by atoms with Crippen LogP contribution in [0.15, 0.2) is 36.4 Å². The van der Waals surface area contributed by atoms with E-state index < -0.39 is 23.2 Å². The number of rotatable bonds is 2. The molecule has 0 aliphatic rings. The van der Waals surface area contributed by atoms with E-state index in [1.54, 1.807) is 6.07 Å². The molecule has 0 saturated carbocycles. The highest BCUT2D eigenvalue weighted by Gasteiger charge is 2.15. The van der Waals surface area contributed by atoms with Gasteiger partial charge in [-0.15, -0.1) is 0 Å². The number of ether oxygens (including phenoxy) is 1. The number of aromatic hydroxyl groups is 1. The molecule has 0 aromatic heterocycles. The van der Waals surface area contributed by atoms with E-state index in [1.807, 2.05) is 0 Å². The van der Waals surface area contributed by atoms with Crippen LogP contribution >= 0.6 is 0 Å². The topological polar surface area (TPSA) is 70.3 Å². The highest BCUT2D eigenvalue weighted by atomic mass is 19.1. The summed E-state index contributed by atoms with van der Waals surface area (Å²) < 4.78 is 31.5. The maximum atomic E-state index is 13.4. The average Bonchev–Trinajstić information content (AvgIpc) is 2.38. The van der Waals surface area contributed by atoms with Crippen molar-refractivity contribution in [2.24, 2.45) is 0 Å². The number of esters is 1. The lowest BCUT2D eigenvalue weighted by Crippen LogP contribution is -2.10. The molecule has 2 aromatic rings. The summed E-state index contributed by atoms with van der Waals surface area (Å²) in [5, 5.41) is 17.6. The molecule has 2 rings (SSSR count). The van der Waals surface area contributed by atoms with E-state index >= 15 is 0 Å². The number of nitriles is 1. The monoisotopic (exact) mass is 275 g/mol. The summed E-state index contributed by atoms with van der Waals surface area (Å²) in [6.45, 7) is 0. The minimum atomic E-state index is -1.04. The van der Waals surface area contributed by atoms with E-state index in [0.717, 1.165) is 30.3 Å². The summed E-state index contributed by atoms with van der Waals surface area (Å²) in [4.78, 5) is 11.7. The minimum absolute atomic E-state index is 0.154. The molecule has 0 bridgehead atoms. The third kappa shape index (κ3) is 2.72. The van der Waals surface area contributed by atoms with Crippen LogP contribution in [0.5, 0.6) is 11.5 Å². The number of benzene rings is 2. The summed E-state index contributed by atoms with van der Waals surface area (Å²) >= 11 is 0. The van der Waals surface area contributed by atoms with Crippen molar-refractivity contribution in [3.05, 3.63) is 59.2 Å². The molecule has 0 atom stereocenters. The second kappa shape index (κ2) is 5.36. The van der Waals surface area contributed by atoms with Gasteiger partial charge in [0, 0.05) is 12.1 Å². The van der Waals surface area contributed by atoms with Crippen molar-refractivity contribution < 1.29 is 23.4 Å². The Hall–Kier alpha value is -2.94. The summed E-state index contributed by atoms with van der Waals surface area (Å²) in [6.07, 6.45) is 0. The Kier molecular flexibility index (Phi) is 3.62. The first kappa shape index (κ1) is 13.5. The Labute approximate surface area is 112 Å². The zero-order valence-corrected chi connectivity index (χ0v) is 9.93. The molecule has 2 aromatic carbocycles. The highest BCUT2D eigenvalue weighted by Crippen LogP contribution is 2.20. The molecule has 20 heavy (non-hydrogen) atoms. The third-order valence-electron chi connectivity index (χ3n) is 2.44. The summed E-state index contributed by atoms with van der Waals surface area (Å²) in [5.74, 6) is -3.32. The van der Waals surface area contributed by atoms with Crippen molar-refractivity contribution in [2.45, 2.75) is 0 Å². The van der Waals surface area contributed by atoms with Gasteiger partial charge >= 0.3 is 5.97 Å². The predicted molar refractivity (Wildman–Crippen MR) is 64.1 cm³/mol. The number of halogens is 2. The van der Waals surface area contributed by atoms with Crippen LogP contribution in [-0.2, 0) is 0 Å². The van der Waals surface area contributed by atoms with Crippen molar-refractivity contribution in [1.29, 1.82) is 5.26 Å². The van der Waals surface area contributed by atoms with Crippen LogP contribution in [0.25, 0.3) is 0 Å². The number of phenols is 1. The zero-order valence-electron chi connectivity index (χ0n) is 9.93. The summed E-state index contributed by atoms with van der Waals surface area (Å²) in [6, 6.07) is 7.77. The standard InChI is InChI=1S/C14H7F2NO3/c15-12-6-10(3-1-8(12)7-17)20-14(19)11-4-2-9(18)5-13(11)16/h1-6,18H. The van der Waals surface area contributed by atoms with Crippen molar-refractivity contribution in [3.63, 3.8) is 0 Å². The lowest BCUT2D eigenvalue weighted by Gasteiger charge is -2.06. The molecule has 0 aliphatic carbocycles. The number of hydrogen-bond acceptors (Lipinski definition) is 4. The van der Waals surface area contributed by atoms with E-state index in [1.165, 1.54) is 6.07 Å². The molecule has 0 saturated heterocycles. The molecule has 0 fully saturated rings. The zero-order chi connectivity index (χ0) is 14.7. The third-order valence-corrected chi connectivity index (χ3v) is 2.44. The predicted octanol–water partition coefficient (Wildman–Crippen LogP) is 2.76. The van der Waals surface area contributed by atoms with Crippen LogP contribution in [0, 0.1) is 23.0 Å². The van der Waals surface area contributed by atoms with Gasteiger partial charge in [0.2, 0.25) is 0 Å². The van der Waals surface area contributed by atoms with Crippen LogP contribution in [0.4, 0.5) is 8.78 Å². The molecule has 0 radical (unpaired) electrons. The fourth-order valence-corrected chi connectivity index (χ4v) is 1.48. The second-order valence-electron chi connectivity index (χ2n) is 3.81. The Balaban J connectivity index is 2.24. The van der Waals surface area contributed by atoms with Crippen LogP contribution in [0.2, 0.25) is 0 Å². The van der Waals surface area contributed by atoms with Crippen molar-refractivity contribution in [1.82, 2.24) is 0 Å². The van der Waals surface area contributed by atoms with Gasteiger partial charge in [-0.05, 0) is 24.3 Å². The van der Waals surface area contributed by atoms with Gasteiger partial charge in [-0.25, -0.2) is 13.6 Å². The Bertz CT molecular complexity index is 723. The second-order valence-corrected chi connectivity index (χ2v) is 3.81.